The van der Waals surface area contributed by atoms with Crippen molar-refractivity contribution in [2.75, 3.05) is 23.8 Å². The third-order valence-electron chi connectivity index (χ3n) is 7.69. The van der Waals surface area contributed by atoms with Crippen molar-refractivity contribution in [3.8, 4) is 11.1 Å². The largest absolute Gasteiger partial charge is 0.394 e. The second kappa shape index (κ2) is 8.82. The molecule has 3 fully saturated rings. The Hall–Kier alpha value is -3.13. The highest BCUT2D eigenvalue weighted by Crippen LogP contribution is 2.35. The Morgan fingerprint density at radius 1 is 1.17 bits per heavy atom. The van der Waals surface area contributed by atoms with Crippen LogP contribution in [-0.4, -0.2) is 50.3 Å². The average molecular weight is 475 g/mol. The van der Waals surface area contributed by atoms with Gasteiger partial charge in [0.1, 0.15) is 11.6 Å². The summed E-state index contributed by atoms with van der Waals surface area (Å²) in [5.74, 6) is 2.38. The number of aromatic nitrogens is 3. The van der Waals surface area contributed by atoms with Crippen LogP contribution >= 0.6 is 0 Å². The number of aliphatic hydroxyl groups excluding tert-OH is 1. The summed E-state index contributed by atoms with van der Waals surface area (Å²) in [7, 11) is 0. The smallest absolute Gasteiger partial charge is 0.251 e. The second-order valence-corrected chi connectivity index (χ2v) is 10.7. The van der Waals surface area contributed by atoms with E-state index in [0.717, 1.165) is 85.0 Å². The summed E-state index contributed by atoms with van der Waals surface area (Å²) >= 11 is 0. The lowest BCUT2D eigenvalue weighted by Gasteiger charge is -2.29. The molecule has 0 spiro atoms. The molecule has 3 aliphatic carbocycles. The number of carbonyl (C=O) groups excluding carboxylic acids is 1. The Kier molecular flexibility index (Phi) is 5.63. The van der Waals surface area contributed by atoms with Crippen molar-refractivity contribution in [1.29, 1.82) is 0 Å². The summed E-state index contributed by atoms with van der Waals surface area (Å²) in [6, 6.07) is 8.28. The van der Waals surface area contributed by atoms with Gasteiger partial charge in [0.05, 0.1) is 18.3 Å². The Balaban J connectivity index is 1.36. The summed E-state index contributed by atoms with van der Waals surface area (Å²) in [6.45, 7) is 2.99. The Labute approximate surface area is 205 Å². The second-order valence-electron chi connectivity index (χ2n) is 10.7. The molecular weight excluding hydrogens is 440 g/mol. The molecule has 35 heavy (non-hydrogen) atoms. The number of carbonyl (C=O) groups is 1. The van der Waals surface area contributed by atoms with Gasteiger partial charge >= 0.3 is 0 Å². The number of aliphatic hydroxyl groups is 1. The zero-order valence-corrected chi connectivity index (χ0v) is 20.3. The van der Waals surface area contributed by atoms with Gasteiger partial charge in [-0.2, -0.15) is 9.61 Å². The molecule has 0 atom stereocenters. The predicted molar refractivity (Wildman–Crippen MR) is 137 cm³/mol. The molecule has 3 aliphatic rings. The lowest BCUT2D eigenvalue weighted by molar-refractivity contribution is 0.0950. The van der Waals surface area contributed by atoms with Gasteiger partial charge in [0.15, 0.2) is 5.65 Å². The van der Waals surface area contributed by atoms with Gasteiger partial charge in [-0.1, -0.05) is 25.0 Å². The quantitative estimate of drug-likeness (QED) is 0.372. The molecule has 0 aliphatic heterocycles. The van der Waals surface area contributed by atoms with Crippen LogP contribution in [0.4, 0.5) is 11.6 Å². The summed E-state index contributed by atoms with van der Waals surface area (Å²) in [5, 5.41) is 25.0. The van der Waals surface area contributed by atoms with Crippen LogP contribution in [0.2, 0.25) is 0 Å². The molecule has 0 saturated heterocycles. The number of amides is 1. The van der Waals surface area contributed by atoms with E-state index in [2.05, 4.69) is 21.0 Å². The minimum absolute atomic E-state index is 0.00143. The van der Waals surface area contributed by atoms with E-state index in [-0.39, 0.29) is 18.1 Å². The van der Waals surface area contributed by atoms with E-state index in [1.54, 1.807) is 0 Å². The van der Waals surface area contributed by atoms with Crippen molar-refractivity contribution in [2.45, 2.75) is 69.9 Å². The highest BCUT2D eigenvalue weighted by atomic mass is 16.3. The van der Waals surface area contributed by atoms with Crippen LogP contribution in [0.3, 0.4) is 0 Å². The monoisotopic (exact) mass is 474 g/mol. The van der Waals surface area contributed by atoms with Gasteiger partial charge in [0.25, 0.3) is 5.91 Å². The zero-order chi connectivity index (χ0) is 24.0. The molecule has 2 aromatic heterocycles. The molecule has 8 nitrogen and oxygen atoms in total. The van der Waals surface area contributed by atoms with Crippen molar-refractivity contribution in [3.63, 3.8) is 0 Å². The number of hydrogen-bond acceptors (Lipinski definition) is 6. The number of nitrogens with one attached hydrogen (secondary N) is 3. The van der Waals surface area contributed by atoms with Crippen molar-refractivity contribution in [3.05, 3.63) is 41.6 Å². The number of benzene rings is 1. The van der Waals surface area contributed by atoms with Crippen LogP contribution in [0.1, 0.15) is 67.3 Å². The maximum Gasteiger partial charge on any atom is 0.251 e. The fourth-order valence-corrected chi connectivity index (χ4v) is 5.15. The van der Waals surface area contributed by atoms with E-state index in [9.17, 15) is 9.90 Å². The van der Waals surface area contributed by atoms with Gasteiger partial charge < -0.3 is 21.1 Å². The number of anilines is 2. The molecule has 3 aromatic rings. The Morgan fingerprint density at radius 3 is 2.66 bits per heavy atom. The molecule has 1 aromatic carbocycles. The SMILES string of the molecule is Cc1cc(-c2cnn3c(NCC4CC4)cc(NC4(CO)CCCC4)nc23)ccc1C(=O)NC1CC1. The molecule has 1 amide bonds. The van der Waals surface area contributed by atoms with Gasteiger partial charge in [0, 0.05) is 29.8 Å². The Bertz CT molecular complexity index is 1250. The molecule has 184 valence electrons. The van der Waals surface area contributed by atoms with Gasteiger partial charge in [0.2, 0.25) is 0 Å². The third kappa shape index (κ3) is 4.59. The molecular formula is C27H34N6O2. The maximum absolute atomic E-state index is 12.6. The first-order chi connectivity index (χ1) is 17.0. The van der Waals surface area contributed by atoms with E-state index in [4.69, 9.17) is 4.98 Å². The average Bonchev–Trinajstić information content (AvgIpc) is 3.77. The van der Waals surface area contributed by atoms with Crippen molar-refractivity contribution in [2.24, 2.45) is 5.92 Å². The van der Waals surface area contributed by atoms with Crippen molar-refractivity contribution < 1.29 is 9.90 Å². The molecule has 3 saturated carbocycles. The highest BCUT2D eigenvalue weighted by Gasteiger charge is 2.34. The number of hydrogen-bond donors (Lipinski definition) is 4. The fraction of sp³-hybridized carbons (Fsp3) is 0.519. The first kappa shape index (κ1) is 22.3. The molecule has 6 rings (SSSR count). The van der Waals surface area contributed by atoms with Crippen molar-refractivity contribution >= 4 is 23.2 Å². The van der Waals surface area contributed by atoms with Gasteiger partial charge in [-0.3, -0.25) is 4.79 Å². The highest BCUT2D eigenvalue weighted by molar-refractivity contribution is 5.97. The first-order valence-electron chi connectivity index (χ1n) is 13.0. The summed E-state index contributed by atoms with van der Waals surface area (Å²) < 4.78 is 1.87. The molecule has 4 N–H and O–H groups in total. The number of fused-ring (bicyclic) bond motifs is 1. The lowest BCUT2D eigenvalue weighted by atomic mass is 9.99. The molecule has 0 bridgehead atoms. The normalized spacial score (nSPS) is 19.1. The minimum atomic E-state index is -0.313. The fourth-order valence-electron chi connectivity index (χ4n) is 5.15. The zero-order valence-electron chi connectivity index (χ0n) is 20.3. The minimum Gasteiger partial charge on any atom is -0.394 e. The van der Waals surface area contributed by atoms with E-state index < -0.39 is 0 Å². The van der Waals surface area contributed by atoms with Crippen LogP contribution < -0.4 is 16.0 Å². The molecule has 2 heterocycles. The van der Waals surface area contributed by atoms with Crippen molar-refractivity contribution in [1.82, 2.24) is 19.9 Å². The summed E-state index contributed by atoms with van der Waals surface area (Å²) in [5.41, 5.74) is 4.00. The third-order valence-corrected chi connectivity index (χ3v) is 7.69. The Morgan fingerprint density at radius 2 is 1.97 bits per heavy atom. The van der Waals surface area contributed by atoms with Crippen LogP contribution in [0.5, 0.6) is 0 Å². The van der Waals surface area contributed by atoms with Gasteiger partial charge in [-0.05, 0) is 68.6 Å². The van der Waals surface area contributed by atoms with Gasteiger partial charge in [-0.25, -0.2) is 4.98 Å². The van der Waals surface area contributed by atoms with Crippen LogP contribution in [0, 0.1) is 12.8 Å². The molecule has 0 radical (unpaired) electrons. The number of nitrogens with zero attached hydrogens (tertiary/aromatic N) is 3. The van der Waals surface area contributed by atoms with E-state index in [0.29, 0.717) is 11.6 Å². The number of aryl methyl sites for hydroxylation is 1. The molecule has 0 unspecified atom stereocenters. The lowest BCUT2D eigenvalue weighted by Crippen LogP contribution is -2.39. The first-order valence-corrected chi connectivity index (χ1v) is 13.0. The molecule has 8 heteroatoms. The van der Waals surface area contributed by atoms with Crippen LogP contribution in [-0.2, 0) is 0 Å². The number of rotatable bonds is 9. The van der Waals surface area contributed by atoms with Crippen LogP contribution in [0.25, 0.3) is 16.8 Å². The van der Waals surface area contributed by atoms with E-state index in [1.165, 1.54) is 12.8 Å². The predicted octanol–water partition coefficient (Wildman–Crippen LogP) is 4.14. The summed E-state index contributed by atoms with van der Waals surface area (Å²) in [4.78, 5) is 17.6. The summed E-state index contributed by atoms with van der Waals surface area (Å²) in [6.07, 6.45) is 10.6. The van der Waals surface area contributed by atoms with E-state index in [1.807, 2.05) is 41.9 Å². The van der Waals surface area contributed by atoms with E-state index >= 15 is 0 Å². The van der Waals surface area contributed by atoms with Gasteiger partial charge in [-0.15, -0.1) is 0 Å². The topological polar surface area (TPSA) is 104 Å². The van der Waals surface area contributed by atoms with Crippen LogP contribution in [0.15, 0.2) is 30.5 Å². The standard InChI is InChI=1S/C27H34N6O2/c1-17-12-19(6-9-21(17)26(35)30-20-7-8-20)22-15-29-33-24(28-14-18-4-5-18)13-23(31-25(22)33)32-27(16-34)10-2-3-11-27/h6,9,12-13,15,18,20,28,34H,2-5,7-8,10-11,14,16H2,1H3,(H,30,35)(H,31,32). The maximum atomic E-state index is 12.6.